The number of fused-ring (bicyclic) bond motifs is 1. The monoisotopic (exact) mass is 478 g/mol. The van der Waals surface area contributed by atoms with Crippen molar-refractivity contribution in [1.82, 2.24) is 18.7 Å². The zero-order valence-corrected chi connectivity index (χ0v) is 20.0. The van der Waals surface area contributed by atoms with E-state index in [0.717, 1.165) is 16.6 Å². The molecule has 0 aliphatic carbocycles. The van der Waals surface area contributed by atoms with E-state index in [1.807, 2.05) is 54.6 Å². The molecule has 2 aromatic heterocycles. The number of aliphatic hydroxyl groups is 1. The van der Waals surface area contributed by atoms with Gasteiger partial charge in [-0.25, -0.2) is 9.78 Å². The molecular weight excluding hydrogens is 448 g/mol. The zero-order chi connectivity index (χ0) is 24.8. The molecule has 0 bridgehead atoms. The Kier molecular flexibility index (Phi) is 7.79. The van der Waals surface area contributed by atoms with Crippen LogP contribution in [0.2, 0.25) is 0 Å². The molecule has 0 fully saturated rings. The third kappa shape index (κ3) is 5.52. The van der Waals surface area contributed by atoms with Gasteiger partial charge < -0.3 is 19.1 Å². The van der Waals surface area contributed by atoms with E-state index < -0.39 is 17.4 Å². The van der Waals surface area contributed by atoms with Gasteiger partial charge in [-0.1, -0.05) is 49.4 Å². The first-order chi connectivity index (χ1) is 17.0. The summed E-state index contributed by atoms with van der Waals surface area (Å²) in [5.41, 5.74) is 1.64. The molecule has 1 N–H and O–H groups in total. The topological polar surface area (TPSA) is 101 Å². The number of aliphatic hydroxyl groups excluding tert-OH is 1. The summed E-state index contributed by atoms with van der Waals surface area (Å²) < 4.78 is 15.0. The standard InChI is InChI=1S/C26H30N4O5/c1-3-19-9-11-22(12-10-19)35-17-21(31)16-30-25(32)23-24(27-18-28(23)13-14-34-2)29(26(30)33)15-20-7-5-4-6-8-20/h4-12,18,21,31H,3,13-17H2,1-2H3/t21-/m0/s1. The van der Waals surface area contributed by atoms with Crippen molar-refractivity contribution < 1.29 is 14.6 Å². The minimum atomic E-state index is -1.07. The highest BCUT2D eigenvalue weighted by atomic mass is 16.5. The highest BCUT2D eigenvalue weighted by Crippen LogP contribution is 2.13. The van der Waals surface area contributed by atoms with E-state index >= 15 is 0 Å². The summed E-state index contributed by atoms with van der Waals surface area (Å²) in [7, 11) is 1.58. The number of nitrogens with zero attached hydrogens (tertiary/aromatic N) is 4. The van der Waals surface area contributed by atoms with E-state index in [2.05, 4.69) is 11.9 Å². The summed E-state index contributed by atoms with van der Waals surface area (Å²) in [5, 5.41) is 10.7. The van der Waals surface area contributed by atoms with Crippen molar-refractivity contribution in [2.45, 2.75) is 39.1 Å². The maximum atomic E-state index is 13.4. The van der Waals surface area contributed by atoms with Crippen LogP contribution in [0.5, 0.6) is 5.75 Å². The van der Waals surface area contributed by atoms with E-state index in [1.54, 1.807) is 11.7 Å². The highest BCUT2D eigenvalue weighted by molar-refractivity contribution is 5.70. The molecule has 0 spiro atoms. The van der Waals surface area contributed by atoms with E-state index in [9.17, 15) is 14.7 Å². The fourth-order valence-corrected chi connectivity index (χ4v) is 3.94. The summed E-state index contributed by atoms with van der Waals surface area (Å²) in [4.78, 5) is 31.2. The third-order valence-electron chi connectivity index (χ3n) is 5.87. The van der Waals surface area contributed by atoms with Crippen LogP contribution in [0.3, 0.4) is 0 Å². The number of hydrogen-bond acceptors (Lipinski definition) is 6. The molecule has 35 heavy (non-hydrogen) atoms. The Balaban J connectivity index is 1.66. The van der Waals surface area contributed by atoms with Crippen LogP contribution in [0, 0.1) is 0 Å². The van der Waals surface area contributed by atoms with E-state index in [4.69, 9.17) is 9.47 Å². The summed E-state index contributed by atoms with van der Waals surface area (Å²) in [6.45, 7) is 2.84. The maximum absolute atomic E-state index is 13.4. The summed E-state index contributed by atoms with van der Waals surface area (Å²) in [6, 6.07) is 17.1. The van der Waals surface area contributed by atoms with Crippen LogP contribution in [0.15, 0.2) is 70.5 Å². The molecule has 0 amide bonds. The fourth-order valence-electron chi connectivity index (χ4n) is 3.94. The van der Waals surface area contributed by atoms with Crippen molar-refractivity contribution >= 4 is 11.2 Å². The van der Waals surface area contributed by atoms with Crippen molar-refractivity contribution in [1.29, 1.82) is 0 Å². The molecule has 0 radical (unpaired) electrons. The van der Waals surface area contributed by atoms with Gasteiger partial charge in [0.1, 0.15) is 18.5 Å². The van der Waals surface area contributed by atoms with Crippen molar-refractivity contribution in [2.24, 2.45) is 0 Å². The normalized spacial score (nSPS) is 12.2. The number of aromatic nitrogens is 4. The van der Waals surface area contributed by atoms with Crippen LogP contribution in [0.25, 0.3) is 11.2 Å². The van der Waals surface area contributed by atoms with E-state index in [0.29, 0.717) is 30.1 Å². The van der Waals surface area contributed by atoms with Crippen LogP contribution in [-0.2, 0) is 30.8 Å². The van der Waals surface area contributed by atoms with Gasteiger partial charge in [0, 0.05) is 13.7 Å². The molecule has 0 saturated heterocycles. The summed E-state index contributed by atoms with van der Waals surface area (Å²) >= 11 is 0. The molecule has 0 unspecified atom stereocenters. The SMILES string of the molecule is CCc1ccc(OC[C@@H](O)Cn2c(=O)c3c(ncn3CCOC)n(Cc3ccccc3)c2=O)cc1. The van der Waals surface area contributed by atoms with Crippen molar-refractivity contribution in [3.05, 3.63) is 92.9 Å². The number of rotatable bonds is 11. The van der Waals surface area contributed by atoms with E-state index in [1.165, 1.54) is 16.5 Å². The zero-order valence-electron chi connectivity index (χ0n) is 20.0. The molecule has 9 nitrogen and oxygen atoms in total. The first-order valence-corrected chi connectivity index (χ1v) is 11.6. The first kappa shape index (κ1) is 24.4. The van der Waals surface area contributed by atoms with Gasteiger partial charge in [0.05, 0.1) is 26.0 Å². The van der Waals surface area contributed by atoms with Crippen LogP contribution in [-0.4, -0.2) is 50.2 Å². The molecule has 1 atom stereocenters. The van der Waals surface area contributed by atoms with Gasteiger partial charge in [-0.3, -0.25) is 13.9 Å². The molecule has 0 aliphatic rings. The first-order valence-electron chi connectivity index (χ1n) is 11.6. The van der Waals surface area contributed by atoms with Gasteiger partial charge in [-0.05, 0) is 29.7 Å². The number of methoxy groups -OCH3 is 1. The molecule has 9 heteroatoms. The molecule has 2 heterocycles. The smallest absolute Gasteiger partial charge is 0.333 e. The quantitative estimate of drug-likeness (QED) is 0.354. The Hall–Kier alpha value is -3.69. The van der Waals surface area contributed by atoms with Gasteiger partial charge >= 0.3 is 5.69 Å². The Morgan fingerprint density at radius 1 is 1.00 bits per heavy atom. The molecular formula is C26H30N4O5. The Morgan fingerprint density at radius 3 is 2.43 bits per heavy atom. The number of hydrogen-bond donors (Lipinski definition) is 1. The second-order valence-corrected chi connectivity index (χ2v) is 8.34. The number of imidazole rings is 1. The number of ether oxygens (including phenoxy) is 2. The molecule has 2 aromatic carbocycles. The highest BCUT2D eigenvalue weighted by Gasteiger charge is 2.20. The second-order valence-electron chi connectivity index (χ2n) is 8.34. The van der Waals surface area contributed by atoms with Crippen molar-refractivity contribution in [3.8, 4) is 5.75 Å². The predicted molar refractivity (Wildman–Crippen MR) is 133 cm³/mol. The Bertz CT molecular complexity index is 1370. The van der Waals surface area contributed by atoms with Gasteiger partial charge in [-0.15, -0.1) is 0 Å². The fraction of sp³-hybridized carbons (Fsp3) is 0.346. The summed E-state index contributed by atoms with van der Waals surface area (Å²) in [5.74, 6) is 0.614. The molecule has 0 saturated carbocycles. The largest absolute Gasteiger partial charge is 0.491 e. The Labute approximate surface area is 202 Å². The molecule has 4 rings (SSSR count). The van der Waals surface area contributed by atoms with Crippen molar-refractivity contribution in [2.75, 3.05) is 20.3 Å². The van der Waals surface area contributed by atoms with Gasteiger partial charge in [0.2, 0.25) is 0 Å². The predicted octanol–water partition coefficient (Wildman–Crippen LogP) is 2.06. The lowest BCUT2D eigenvalue weighted by Gasteiger charge is -2.16. The third-order valence-corrected chi connectivity index (χ3v) is 5.87. The Morgan fingerprint density at radius 2 is 1.74 bits per heavy atom. The molecule has 184 valence electrons. The lowest BCUT2D eigenvalue weighted by Crippen LogP contribution is -2.44. The van der Waals surface area contributed by atoms with Crippen LogP contribution in [0.4, 0.5) is 0 Å². The lowest BCUT2D eigenvalue weighted by atomic mass is 10.2. The van der Waals surface area contributed by atoms with Crippen LogP contribution >= 0.6 is 0 Å². The number of aryl methyl sites for hydroxylation is 1. The molecule has 0 aliphatic heterocycles. The summed E-state index contributed by atoms with van der Waals surface area (Å²) in [6.07, 6.45) is 1.39. The minimum absolute atomic E-state index is 0.0585. The van der Waals surface area contributed by atoms with Gasteiger partial charge in [-0.2, -0.15) is 0 Å². The second kappa shape index (κ2) is 11.2. The maximum Gasteiger partial charge on any atom is 0.333 e. The minimum Gasteiger partial charge on any atom is -0.491 e. The van der Waals surface area contributed by atoms with Crippen LogP contribution < -0.4 is 16.0 Å². The van der Waals surface area contributed by atoms with Gasteiger partial charge in [0.25, 0.3) is 5.56 Å². The van der Waals surface area contributed by atoms with Crippen LogP contribution in [0.1, 0.15) is 18.1 Å². The number of benzene rings is 2. The average molecular weight is 479 g/mol. The molecule has 4 aromatic rings. The lowest BCUT2D eigenvalue weighted by molar-refractivity contribution is 0.0902. The average Bonchev–Trinajstić information content (AvgIpc) is 3.31. The van der Waals surface area contributed by atoms with Gasteiger partial charge in [0.15, 0.2) is 11.2 Å². The van der Waals surface area contributed by atoms with Crippen molar-refractivity contribution in [3.63, 3.8) is 0 Å². The van der Waals surface area contributed by atoms with E-state index in [-0.39, 0.29) is 19.7 Å².